The summed E-state index contributed by atoms with van der Waals surface area (Å²) in [7, 11) is 0. The van der Waals surface area contributed by atoms with Crippen LogP contribution in [0.1, 0.15) is 6.42 Å². The van der Waals surface area contributed by atoms with Crippen LogP contribution in [-0.4, -0.2) is 30.4 Å². The van der Waals surface area contributed by atoms with E-state index in [1.165, 1.54) is 0 Å². The van der Waals surface area contributed by atoms with E-state index in [0.717, 1.165) is 13.1 Å². The summed E-state index contributed by atoms with van der Waals surface area (Å²) in [5, 5.41) is 8.41. The van der Waals surface area contributed by atoms with Crippen LogP contribution in [0, 0.1) is 17.2 Å². The number of hydrogen-bond acceptors (Lipinski definition) is 3. The normalized spacial score (nSPS) is 18.8. The largest absolute Gasteiger partial charge is 0.370 e. The highest BCUT2D eigenvalue weighted by atomic mass is 16.1. The fraction of sp³-hybridized carbons (Fsp3) is 0.714. The average Bonchev–Trinajstić information content (AvgIpc) is 1.84. The van der Waals surface area contributed by atoms with E-state index in [0.29, 0.717) is 13.0 Å². The van der Waals surface area contributed by atoms with Crippen molar-refractivity contribution in [3.05, 3.63) is 0 Å². The summed E-state index contributed by atoms with van der Waals surface area (Å²) in [6, 6.07) is 2.16. The molecule has 0 radical (unpaired) electrons. The number of hydrogen-bond donors (Lipinski definition) is 1. The van der Waals surface area contributed by atoms with Gasteiger partial charge in [-0.05, 0) is 0 Å². The Bertz CT molecular complexity index is 190. The molecule has 1 rings (SSSR count). The summed E-state index contributed by atoms with van der Waals surface area (Å²) in [6.07, 6.45) is 0.401. The summed E-state index contributed by atoms with van der Waals surface area (Å²) in [5.41, 5.74) is 4.96. The summed E-state index contributed by atoms with van der Waals surface area (Å²) >= 11 is 0. The molecule has 60 valence electrons. The summed E-state index contributed by atoms with van der Waals surface area (Å²) in [5.74, 6) is -0.103. The molecule has 0 unspecified atom stereocenters. The molecular weight excluding hydrogens is 142 g/mol. The van der Waals surface area contributed by atoms with Gasteiger partial charge in [0, 0.05) is 26.1 Å². The van der Waals surface area contributed by atoms with Crippen molar-refractivity contribution in [2.24, 2.45) is 11.7 Å². The Labute approximate surface area is 65.6 Å². The van der Waals surface area contributed by atoms with Crippen LogP contribution in [0.4, 0.5) is 0 Å². The maximum absolute atomic E-state index is 10.3. The van der Waals surface area contributed by atoms with Crippen molar-refractivity contribution >= 4 is 5.91 Å². The Morgan fingerprint density at radius 2 is 2.36 bits per heavy atom. The minimum absolute atomic E-state index is 0.169. The topological polar surface area (TPSA) is 70.1 Å². The average molecular weight is 153 g/mol. The van der Waals surface area contributed by atoms with E-state index in [1.807, 2.05) is 0 Å². The Balaban J connectivity index is 2.06. The Kier molecular flexibility index (Phi) is 2.44. The minimum Gasteiger partial charge on any atom is -0.370 e. The molecule has 4 nitrogen and oxygen atoms in total. The van der Waals surface area contributed by atoms with E-state index in [9.17, 15) is 4.79 Å². The number of primary amides is 1. The van der Waals surface area contributed by atoms with E-state index in [4.69, 9.17) is 11.0 Å². The van der Waals surface area contributed by atoms with Gasteiger partial charge in [0.15, 0.2) is 0 Å². The van der Waals surface area contributed by atoms with Gasteiger partial charge in [0.2, 0.25) is 5.91 Å². The smallest absolute Gasteiger partial charge is 0.218 e. The quantitative estimate of drug-likeness (QED) is 0.583. The summed E-state index contributed by atoms with van der Waals surface area (Å²) in [4.78, 5) is 12.4. The number of nitrogens with zero attached hydrogens (tertiary/aromatic N) is 2. The van der Waals surface area contributed by atoms with Gasteiger partial charge in [-0.1, -0.05) is 0 Å². The highest BCUT2D eigenvalue weighted by Gasteiger charge is 2.25. The second-order valence-electron chi connectivity index (χ2n) is 2.80. The molecule has 1 amide bonds. The lowest BCUT2D eigenvalue weighted by atomic mass is 10.0. The fourth-order valence-corrected chi connectivity index (χ4v) is 1.10. The van der Waals surface area contributed by atoms with Gasteiger partial charge in [0.25, 0.3) is 0 Å². The third-order valence-electron chi connectivity index (χ3n) is 1.81. The predicted octanol–water partition coefficient (Wildman–Crippen LogP) is -0.683. The zero-order chi connectivity index (χ0) is 8.27. The van der Waals surface area contributed by atoms with Gasteiger partial charge in [0.1, 0.15) is 0 Å². The van der Waals surface area contributed by atoms with Gasteiger partial charge >= 0.3 is 0 Å². The molecule has 0 aromatic carbocycles. The van der Waals surface area contributed by atoms with Gasteiger partial charge in [-0.2, -0.15) is 5.26 Å². The van der Waals surface area contributed by atoms with Crippen molar-refractivity contribution in [2.45, 2.75) is 6.42 Å². The second-order valence-corrected chi connectivity index (χ2v) is 2.80. The molecule has 0 bridgehead atoms. The SMILES string of the molecule is N#CC1CN(CCC(N)=O)C1. The van der Waals surface area contributed by atoms with Gasteiger partial charge in [-0.3, -0.25) is 4.79 Å². The molecule has 0 atom stereocenters. The Morgan fingerprint density at radius 1 is 1.73 bits per heavy atom. The third kappa shape index (κ3) is 2.20. The lowest BCUT2D eigenvalue weighted by Crippen LogP contribution is -2.46. The first-order valence-corrected chi connectivity index (χ1v) is 3.62. The number of amides is 1. The lowest BCUT2D eigenvalue weighted by Gasteiger charge is -2.34. The number of likely N-dealkylation sites (tertiary alicyclic amines) is 1. The zero-order valence-electron chi connectivity index (χ0n) is 6.29. The first-order valence-electron chi connectivity index (χ1n) is 3.62. The molecule has 11 heavy (non-hydrogen) atoms. The van der Waals surface area contributed by atoms with Crippen molar-refractivity contribution in [3.63, 3.8) is 0 Å². The van der Waals surface area contributed by atoms with Crippen LogP contribution in [0.15, 0.2) is 0 Å². The molecule has 1 heterocycles. The Hall–Kier alpha value is -1.08. The number of carbonyl (C=O) groups is 1. The molecule has 4 heteroatoms. The van der Waals surface area contributed by atoms with Crippen molar-refractivity contribution in [1.82, 2.24) is 4.90 Å². The van der Waals surface area contributed by atoms with E-state index >= 15 is 0 Å². The molecular formula is C7H11N3O. The minimum atomic E-state index is -0.273. The monoisotopic (exact) mass is 153 g/mol. The zero-order valence-corrected chi connectivity index (χ0v) is 6.29. The molecule has 0 spiro atoms. The first-order chi connectivity index (χ1) is 5.22. The van der Waals surface area contributed by atoms with Crippen molar-refractivity contribution in [1.29, 1.82) is 5.26 Å². The van der Waals surface area contributed by atoms with Crippen LogP contribution in [0.5, 0.6) is 0 Å². The van der Waals surface area contributed by atoms with E-state index in [2.05, 4.69) is 11.0 Å². The summed E-state index contributed by atoms with van der Waals surface area (Å²) in [6.45, 7) is 2.29. The van der Waals surface area contributed by atoms with E-state index in [-0.39, 0.29) is 11.8 Å². The molecule has 1 aliphatic rings. The number of nitrogens with two attached hydrogens (primary N) is 1. The molecule has 1 saturated heterocycles. The fourth-order valence-electron chi connectivity index (χ4n) is 1.10. The van der Waals surface area contributed by atoms with Crippen LogP contribution in [0.2, 0.25) is 0 Å². The molecule has 1 aliphatic heterocycles. The van der Waals surface area contributed by atoms with E-state index in [1.54, 1.807) is 0 Å². The lowest BCUT2D eigenvalue weighted by molar-refractivity contribution is -0.118. The van der Waals surface area contributed by atoms with Gasteiger partial charge in [0.05, 0.1) is 12.0 Å². The van der Waals surface area contributed by atoms with Gasteiger partial charge in [-0.25, -0.2) is 0 Å². The molecule has 0 aromatic rings. The maximum atomic E-state index is 10.3. The molecule has 2 N–H and O–H groups in total. The highest BCUT2D eigenvalue weighted by molar-refractivity contribution is 5.73. The number of rotatable bonds is 3. The van der Waals surface area contributed by atoms with Crippen LogP contribution in [-0.2, 0) is 4.79 Å². The second kappa shape index (κ2) is 3.35. The van der Waals surface area contributed by atoms with Crippen LogP contribution >= 0.6 is 0 Å². The standard InChI is InChI=1S/C7H11N3O/c8-3-6-4-10(5-6)2-1-7(9)11/h6H,1-2,4-5H2,(H2,9,11). The number of nitriles is 1. The molecule has 1 fully saturated rings. The number of carbonyl (C=O) groups excluding carboxylic acids is 1. The van der Waals surface area contributed by atoms with Crippen LogP contribution in [0.25, 0.3) is 0 Å². The highest BCUT2D eigenvalue weighted by Crippen LogP contribution is 2.13. The van der Waals surface area contributed by atoms with Crippen LogP contribution < -0.4 is 5.73 Å². The molecule has 0 aliphatic carbocycles. The van der Waals surface area contributed by atoms with Gasteiger partial charge < -0.3 is 10.6 Å². The molecule has 0 aromatic heterocycles. The predicted molar refractivity (Wildman–Crippen MR) is 39.4 cm³/mol. The van der Waals surface area contributed by atoms with Crippen LogP contribution in [0.3, 0.4) is 0 Å². The van der Waals surface area contributed by atoms with Gasteiger partial charge in [-0.15, -0.1) is 0 Å². The van der Waals surface area contributed by atoms with Crippen molar-refractivity contribution < 1.29 is 4.79 Å². The van der Waals surface area contributed by atoms with Crippen molar-refractivity contribution in [3.8, 4) is 6.07 Å². The first kappa shape index (κ1) is 8.02. The van der Waals surface area contributed by atoms with Crippen molar-refractivity contribution in [2.75, 3.05) is 19.6 Å². The molecule has 0 saturated carbocycles. The third-order valence-corrected chi connectivity index (χ3v) is 1.81. The maximum Gasteiger partial charge on any atom is 0.218 e. The Morgan fingerprint density at radius 3 is 2.82 bits per heavy atom. The summed E-state index contributed by atoms with van der Waals surface area (Å²) < 4.78 is 0. The van der Waals surface area contributed by atoms with E-state index < -0.39 is 0 Å².